The molecule has 1 amide bonds. The molecule has 2 atom stereocenters. The molecule has 1 fully saturated rings. The van der Waals surface area contributed by atoms with Crippen molar-refractivity contribution in [3.63, 3.8) is 0 Å². The average Bonchev–Trinajstić information content (AvgIpc) is 2.71. The first-order chi connectivity index (χ1) is 8.91. The molecule has 2 heterocycles. The fourth-order valence-corrected chi connectivity index (χ4v) is 2.52. The van der Waals surface area contributed by atoms with Crippen LogP contribution in [0.25, 0.3) is 0 Å². The summed E-state index contributed by atoms with van der Waals surface area (Å²) in [7, 11) is 1.65. The van der Waals surface area contributed by atoms with Crippen molar-refractivity contribution in [2.24, 2.45) is 7.05 Å². The second-order valence-corrected chi connectivity index (χ2v) is 5.02. The quantitative estimate of drug-likeness (QED) is 0.633. The molecule has 1 aliphatic rings. The third kappa shape index (κ3) is 2.46. The number of rotatable bonds is 2. The number of hydrogen-bond acceptors (Lipinski definition) is 4. The second-order valence-electron chi connectivity index (χ2n) is 5.02. The van der Waals surface area contributed by atoms with Gasteiger partial charge in [-0.15, -0.1) is 0 Å². The first-order valence-corrected chi connectivity index (χ1v) is 6.26. The number of nitro groups is 1. The van der Waals surface area contributed by atoms with Gasteiger partial charge >= 0.3 is 0 Å². The van der Waals surface area contributed by atoms with E-state index in [4.69, 9.17) is 0 Å². The number of nitrogens with zero attached hydrogens (tertiary/aromatic N) is 3. The highest BCUT2D eigenvalue weighted by Crippen LogP contribution is 2.20. The lowest BCUT2D eigenvalue weighted by atomic mass is 10.1. The van der Waals surface area contributed by atoms with Crippen LogP contribution < -0.4 is 5.32 Å². The Morgan fingerprint density at radius 2 is 2.00 bits per heavy atom. The summed E-state index contributed by atoms with van der Waals surface area (Å²) in [6.07, 6.45) is 1.37. The molecule has 1 N–H and O–H groups in total. The van der Waals surface area contributed by atoms with E-state index in [0.717, 1.165) is 13.1 Å². The summed E-state index contributed by atoms with van der Waals surface area (Å²) in [4.78, 5) is 24.6. The number of piperazine rings is 1. The number of hydrogen-bond donors (Lipinski definition) is 1. The van der Waals surface area contributed by atoms with E-state index in [-0.39, 0.29) is 23.7 Å². The molecule has 0 bridgehead atoms. The Balaban J connectivity index is 2.30. The molecule has 2 rings (SSSR count). The Kier molecular flexibility index (Phi) is 3.57. The normalized spacial score (nSPS) is 23.4. The summed E-state index contributed by atoms with van der Waals surface area (Å²) in [5.74, 6) is -0.155. The molecule has 0 spiro atoms. The van der Waals surface area contributed by atoms with Gasteiger partial charge in [0.25, 0.3) is 11.6 Å². The summed E-state index contributed by atoms with van der Waals surface area (Å²) in [6, 6.07) is 1.49. The lowest BCUT2D eigenvalue weighted by molar-refractivity contribution is -0.384. The molecule has 104 valence electrons. The molecule has 0 aliphatic carbocycles. The Morgan fingerprint density at radius 3 is 2.47 bits per heavy atom. The Labute approximate surface area is 111 Å². The van der Waals surface area contributed by atoms with Crippen molar-refractivity contribution >= 4 is 11.6 Å². The molecule has 1 aromatic heterocycles. The fraction of sp³-hybridized carbons (Fsp3) is 0.583. The number of amides is 1. The molecular formula is C12H18N4O3. The second kappa shape index (κ2) is 5.00. The standard InChI is InChI=1S/C12H18N4O3/c1-8-5-13-6-9(2)15(8)12(17)11-4-10(16(18)19)7-14(11)3/h4,7-9,13H,5-6H2,1-3H3. The van der Waals surface area contributed by atoms with E-state index in [0.29, 0.717) is 5.69 Å². The van der Waals surface area contributed by atoms with Crippen LogP contribution in [0.15, 0.2) is 12.3 Å². The number of aromatic nitrogens is 1. The molecular weight excluding hydrogens is 248 g/mol. The summed E-state index contributed by atoms with van der Waals surface area (Å²) >= 11 is 0. The summed E-state index contributed by atoms with van der Waals surface area (Å²) in [6.45, 7) is 5.42. The van der Waals surface area contributed by atoms with Crippen LogP contribution in [0.1, 0.15) is 24.3 Å². The topological polar surface area (TPSA) is 80.4 Å². The van der Waals surface area contributed by atoms with E-state index in [2.05, 4.69) is 5.32 Å². The van der Waals surface area contributed by atoms with Gasteiger partial charge in [0, 0.05) is 38.3 Å². The van der Waals surface area contributed by atoms with E-state index in [1.165, 1.54) is 16.8 Å². The van der Waals surface area contributed by atoms with Gasteiger partial charge in [-0.2, -0.15) is 0 Å². The van der Waals surface area contributed by atoms with E-state index in [1.54, 1.807) is 11.9 Å². The molecule has 2 unspecified atom stereocenters. The number of nitrogens with one attached hydrogen (secondary N) is 1. The molecule has 1 saturated heterocycles. The van der Waals surface area contributed by atoms with Crippen LogP contribution >= 0.6 is 0 Å². The van der Waals surface area contributed by atoms with E-state index in [1.807, 2.05) is 13.8 Å². The van der Waals surface area contributed by atoms with Gasteiger partial charge in [0.1, 0.15) is 5.69 Å². The molecule has 0 saturated carbocycles. The summed E-state index contributed by atoms with van der Waals surface area (Å²) in [5.41, 5.74) is 0.300. The van der Waals surface area contributed by atoms with Crippen molar-refractivity contribution in [3.8, 4) is 0 Å². The Hall–Kier alpha value is -1.89. The van der Waals surface area contributed by atoms with E-state index >= 15 is 0 Å². The van der Waals surface area contributed by atoms with Crippen LogP contribution in [-0.2, 0) is 7.05 Å². The van der Waals surface area contributed by atoms with Crippen LogP contribution in [-0.4, -0.2) is 45.5 Å². The van der Waals surface area contributed by atoms with Gasteiger partial charge in [-0.1, -0.05) is 0 Å². The zero-order valence-electron chi connectivity index (χ0n) is 11.3. The highest BCUT2D eigenvalue weighted by Gasteiger charge is 2.31. The van der Waals surface area contributed by atoms with E-state index in [9.17, 15) is 14.9 Å². The van der Waals surface area contributed by atoms with Crippen LogP contribution in [0.2, 0.25) is 0 Å². The Morgan fingerprint density at radius 1 is 1.42 bits per heavy atom. The highest BCUT2D eigenvalue weighted by atomic mass is 16.6. The van der Waals surface area contributed by atoms with Crippen LogP contribution in [0.5, 0.6) is 0 Å². The van der Waals surface area contributed by atoms with Crippen LogP contribution in [0.3, 0.4) is 0 Å². The van der Waals surface area contributed by atoms with Crippen molar-refractivity contribution in [2.75, 3.05) is 13.1 Å². The fourth-order valence-electron chi connectivity index (χ4n) is 2.52. The predicted octanol–water partition coefficient (Wildman–Crippen LogP) is 0.756. The predicted molar refractivity (Wildman–Crippen MR) is 70.0 cm³/mol. The maximum Gasteiger partial charge on any atom is 0.287 e. The molecule has 0 radical (unpaired) electrons. The Bertz CT molecular complexity index is 501. The van der Waals surface area contributed by atoms with Gasteiger partial charge < -0.3 is 14.8 Å². The maximum atomic E-state index is 12.5. The minimum atomic E-state index is -0.485. The third-order valence-corrected chi connectivity index (χ3v) is 3.48. The van der Waals surface area contributed by atoms with Crippen LogP contribution in [0.4, 0.5) is 5.69 Å². The maximum absolute atomic E-state index is 12.5. The van der Waals surface area contributed by atoms with Crippen molar-refractivity contribution in [1.29, 1.82) is 0 Å². The zero-order valence-corrected chi connectivity index (χ0v) is 11.3. The minimum Gasteiger partial charge on any atom is -0.340 e. The third-order valence-electron chi connectivity index (χ3n) is 3.48. The molecule has 7 heteroatoms. The summed E-state index contributed by atoms with van der Waals surface area (Å²) in [5, 5.41) is 14.0. The molecule has 0 aromatic carbocycles. The average molecular weight is 266 g/mol. The first-order valence-electron chi connectivity index (χ1n) is 6.26. The largest absolute Gasteiger partial charge is 0.340 e. The first kappa shape index (κ1) is 13.5. The van der Waals surface area contributed by atoms with Gasteiger partial charge in [-0.05, 0) is 13.8 Å². The van der Waals surface area contributed by atoms with Crippen molar-refractivity contribution in [2.45, 2.75) is 25.9 Å². The minimum absolute atomic E-state index is 0.0544. The SMILES string of the molecule is CC1CNCC(C)N1C(=O)c1cc([N+](=O)[O-])cn1C. The number of carbonyl (C=O) groups is 1. The van der Waals surface area contributed by atoms with E-state index < -0.39 is 4.92 Å². The van der Waals surface area contributed by atoms with Gasteiger partial charge in [0.05, 0.1) is 11.1 Å². The number of aryl methyl sites for hydroxylation is 1. The van der Waals surface area contributed by atoms with Gasteiger partial charge in [0.2, 0.25) is 0 Å². The lowest BCUT2D eigenvalue weighted by Crippen LogP contribution is -2.57. The van der Waals surface area contributed by atoms with Gasteiger partial charge in [0.15, 0.2) is 0 Å². The molecule has 1 aliphatic heterocycles. The van der Waals surface area contributed by atoms with Gasteiger partial charge in [-0.25, -0.2) is 0 Å². The van der Waals surface area contributed by atoms with Crippen LogP contribution in [0, 0.1) is 10.1 Å². The smallest absolute Gasteiger partial charge is 0.287 e. The molecule has 7 nitrogen and oxygen atoms in total. The molecule has 19 heavy (non-hydrogen) atoms. The zero-order chi connectivity index (χ0) is 14.2. The number of carbonyl (C=O) groups excluding carboxylic acids is 1. The van der Waals surface area contributed by atoms with Crippen molar-refractivity contribution < 1.29 is 9.72 Å². The highest BCUT2D eigenvalue weighted by molar-refractivity contribution is 5.94. The molecule has 1 aromatic rings. The monoisotopic (exact) mass is 266 g/mol. The summed E-state index contributed by atoms with van der Waals surface area (Å²) < 4.78 is 1.52. The van der Waals surface area contributed by atoms with Crippen molar-refractivity contribution in [1.82, 2.24) is 14.8 Å². The lowest BCUT2D eigenvalue weighted by Gasteiger charge is -2.39. The van der Waals surface area contributed by atoms with Gasteiger partial charge in [-0.3, -0.25) is 14.9 Å². The van der Waals surface area contributed by atoms with Crippen molar-refractivity contribution in [3.05, 3.63) is 28.1 Å².